The maximum Gasteiger partial charge on any atom is 0.311 e. The molecule has 1 heterocycles. The summed E-state index contributed by atoms with van der Waals surface area (Å²) in [4.78, 5) is 15.1. The van der Waals surface area contributed by atoms with E-state index in [0.29, 0.717) is 23.5 Å². The van der Waals surface area contributed by atoms with Gasteiger partial charge in [-0.15, -0.1) is 0 Å². The number of rotatable bonds is 6. The van der Waals surface area contributed by atoms with E-state index in [9.17, 15) is 10.1 Å². The van der Waals surface area contributed by atoms with Gasteiger partial charge in [0.25, 0.3) is 0 Å². The highest BCUT2D eigenvalue weighted by molar-refractivity contribution is 5.60. The molecule has 1 aliphatic carbocycles. The van der Waals surface area contributed by atoms with Gasteiger partial charge in [0.1, 0.15) is 5.82 Å². The molecule has 2 unspecified atom stereocenters. The molecule has 2 atom stereocenters. The van der Waals surface area contributed by atoms with Gasteiger partial charge in [0, 0.05) is 19.2 Å². The molecule has 0 saturated heterocycles. The molecule has 1 aromatic rings. The lowest BCUT2D eigenvalue weighted by Gasteiger charge is -2.28. The van der Waals surface area contributed by atoms with Crippen LogP contribution in [-0.2, 0) is 0 Å². The van der Waals surface area contributed by atoms with Crippen molar-refractivity contribution in [3.05, 3.63) is 22.2 Å². The molecule has 0 aromatic carbocycles. The molecule has 1 aliphatic rings. The summed E-state index contributed by atoms with van der Waals surface area (Å²) in [6.45, 7) is 5.73. The summed E-state index contributed by atoms with van der Waals surface area (Å²) in [7, 11) is 0. The van der Waals surface area contributed by atoms with Crippen LogP contribution < -0.4 is 10.6 Å². The molecular weight excluding hydrogens is 268 g/mol. The van der Waals surface area contributed by atoms with Crippen molar-refractivity contribution in [3.63, 3.8) is 0 Å². The summed E-state index contributed by atoms with van der Waals surface area (Å²) >= 11 is 0. The number of aromatic nitrogens is 1. The van der Waals surface area contributed by atoms with Gasteiger partial charge in [0.2, 0.25) is 5.82 Å². The van der Waals surface area contributed by atoms with E-state index >= 15 is 0 Å². The molecule has 1 saturated carbocycles. The Labute approximate surface area is 125 Å². The zero-order valence-electron chi connectivity index (χ0n) is 12.8. The number of pyridine rings is 1. The van der Waals surface area contributed by atoms with Crippen LogP contribution in [0.15, 0.2) is 12.1 Å². The van der Waals surface area contributed by atoms with E-state index in [0.717, 1.165) is 13.1 Å². The Bertz CT molecular complexity index is 493. The molecule has 1 fully saturated rings. The van der Waals surface area contributed by atoms with Crippen molar-refractivity contribution < 1.29 is 4.92 Å². The fourth-order valence-electron chi connectivity index (χ4n) is 2.93. The van der Waals surface area contributed by atoms with Crippen molar-refractivity contribution in [3.8, 4) is 0 Å². The summed E-state index contributed by atoms with van der Waals surface area (Å²) in [5.74, 6) is 2.28. The van der Waals surface area contributed by atoms with Crippen molar-refractivity contribution in [1.29, 1.82) is 0 Å². The van der Waals surface area contributed by atoms with Gasteiger partial charge < -0.3 is 10.6 Å². The first-order valence-electron chi connectivity index (χ1n) is 7.75. The van der Waals surface area contributed by atoms with Crippen LogP contribution in [0, 0.1) is 22.0 Å². The van der Waals surface area contributed by atoms with E-state index in [1.165, 1.54) is 31.7 Å². The monoisotopic (exact) mass is 292 g/mol. The summed E-state index contributed by atoms with van der Waals surface area (Å²) < 4.78 is 0. The predicted molar refractivity (Wildman–Crippen MR) is 84.7 cm³/mol. The van der Waals surface area contributed by atoms with Gasteiger partial charge in [-0.2, -0.15) is 0 Å². The predicted octanol–water partition coefficient (Wildman–Crippen LogP) is 3.66. The molecule has 116 valence electrons. The van der Waals surface area contributed by atoms with Crippen molar-refractivity contribution >= 4 is 17.3 Å². The molecule has 6 heteroatoms. The highest BCUT2D eigenvalue weighted by atomic mass is 16.6. The molecule has 21 heavy (non-hydrogen) atoms. The molecule has 0 radical (unpaired) electrons. The van der Waals surface area contributed by atoms with Crippen molar-refractivity contribution in [2.75, 3.05) is 23.7 Å². The molecule has 6 nitrogen and oxygen atoms in total. The van der Waals surface area contributed by atoms with Gasteiger partial charge >= 0.3 is 5.69 Å². The van der Waals surface area contributed by atoms with Crippen LogP contribution in [-0.4, -0.2) is 23.0 Å². The standard InChI is InChI=1S/C15H24N4O2/c1-3-16-14-9-8-13(19(20)21)15(18-14)17-10-12-7-5-4-6-11(12)2/h8-9,11-12H,3-7,10H2,1-2H3,(H2,16,17,18). The lowest BCUT2D eigenvalue weighted by molar-refractivity contribution is -0.384. The minimum absolute atomic E-state index is 0.0418. The number of nitrogens with one attached hydrogen (secondary N) is 2. The van der Waals surface area contributed by atoms with Crippen LogP contribution >= 0.6 is 0 Å². The topological polar surface area (TPSA) is 80.1 Å². The molecular formula is C15H24N4O2. The van der Waals surface area contributed by atoms with E-state index in [1.54, 1.807) is 6.07 Å². The molecule has 0 spiro atoms. The smallest absolute Gasteiger partial charge is 0.311 e. The molecule has 2 rings (SSSR count). The molecule has 0 bridgehead atoms. The number of nitro groups is 1. The Kier molecular flexibility index (Phi) is 5.36. The number of anilines is 2. The second kappa shape index (κ2) is 7.24. The molecule has 1 aromatic heterocycles. The maximum atomic E-state index is 11.1. The average Bonchev–Trinajstić information content (AvgIpc) is 2.46. The fourth-order valence-corrected chi connectivity index (χ4v) is 2.93. The first kappa shape index (κ1) is 15.5. The SMILES string of the molecule is CCNc1ccc([N+](=O)[O-])c(NCC2CCCCC2C)n1. The van der Waals surface area contributed by atoms with Gasteiger partial charge in [-0.3, -0.25) is 10.1 Å². The average molecular weight is 292 g/mol. The minimum Gasteiger partial charge on any atom is -0.370 e. The van der Waals surface area contributed by atoms with Crippen LogP contribution in [0.4, 0.5) is 17.3 Å². The van der Waals surface area contributed by atoms with Gasteiger partial charge in [-0.05, 0) is 31.2 Å². The minimum atomic E-state index is -0.380. The number of nitrogens with zero attached hydrogens (tertiary/aromatic N) is 2. The van der Waals surface area contributed by atoms with E-state index < -0.39 is 0 Å². The Balaban J connectivity index is 2.09. The molecule has 0 amide bonds. The summed E-state index contributed by atoms with van der Waals surface area (Å²) in [5.41, 5.74) is 0.0418. The second-order valence-electron chi connectivity index (χ2n) is 5.75. The van der Waals surface area contributed by atoms with Gasteiger partial charge in [0.15, 0.2) is 0 Å². The van der Waals surface area contributed by atoms with Crippen LogP contribution in [0.3, 0.4) is 0 Å². The van der Waals surface area contributed by atoms with E-state index in [-0.39, 0.29) is 10.6 Å². The van der Waals surface area contributed by atoms with Crippen LogP contribution in [0.1, 0.15) is 39.5 Å². The third-order valence-corrected chi connectivity index (χ3v) is 4.25. The summed E-state index contributed by atoms with van der Waals surface area (Å²) in [6, 6.07) is 3.16. The Hall–Kier alpha value is -1.85. The highest BCUT2D eigenvalue weighted by Gasteiger charge is 2.23. The first-order chi connectivity index (χ1) is 10.1. The summed E-state index contributed by atoms with van der Waals surface area (Å²) in [6.07, 6.45) is 4.99. The van der Waals surface area contributed by atoms with Gasteiger partial charge in [-0.25, -0.2) is 4.98 Å². The van der Waals surface area contributed by atoms with Crippen LogP contribution in [0.2, 0.25) is 0 Å². The zero-order valence-corrected chi connectivity index (χ0v) is 12.8. The third kappa shape index (κ3) is 4.06. The van der Waals surface area contributed by atoms with Gasteiger partial charge in [0.05, 0.1) is 4.92 Å². The lowest BCUT2D eigenvalue weighted by Crippen LogP contribution is -2.25. The first-order valence-corrected chi connectivity index (χ1v) is 7.75. The maximum absolute atomic E-state index is 11.1. The van der Waals surface area contributed by atoms with Crippen LogP contribution in [0.25, 0.3) is 0 Å². The fraction of sp³-hybridized carbons (Fsp3) is 0.667. The Morgan fingerprint density at radius 3 is 2.76 bits per heavy atom. The lowest BCUT2D eigenvalue weighted by atomic mass is 9.80. The number of hydrogen-bond acceptors (Lipinski definition) is 5. The highest BCUT2D eigenvalue weighted by Crippen LogP contribution is 2.31. The van der Waals surface area contributed by atoms with E-state index in [1.807, 2.05) is 6.92 Å². The number of hydrogen-bond donors (Lipinski definition) is 2. The van der Waals surface area contributed by atoms with E-state index in [2.05, 4.69) is 22.5 Å². The quantitative estimate of drug-likeness (QED) is 0.618. The molecule has 0 aliphatic heterocycles. The van der Waals surface area contributed by atoms with Crippen molar-refractivity contribution in [2.24, 2.45) is 11.8 Å². The van der Waals surface area contributed by atoms with Crippen molar-refractivity contribution in [2.45, 2.75) is 39.5 Å². The Morgan fingerprint density at radius 1 is 1.33 bits per heavy atom. The normalized spacial score (nSPS) is 21.8. The summed E-state index contributed by atoms with van der Waals surface area (Å²) in [5, 5.41) is 17.4. The largest absolute Gasteiger partial charge is 0.370 e. The second-order valence-corrected chi connectivity index (χ2v) is 5.75. The Morgan fingerprint density at radius 2 is 2.10 bits per heavy atom. The molecule has 2 N–H and O–H groups in total. The third-order valence-electron chi connectivity index (χ3n) is 4.25. The van der Waals surface area contributed by atoms with E-state index in [4.69, 9.17) is 0 Å². The van der Waals surface area contributed by atoms with Crippen LogP contribution in [0.5, 0.6) is 0 Å². The van der Waals surface area contributed by atoms with Gasteiger partial charge in [-0.1, -0.05) is 26.2 Å². The van der Waals surface area contributed by atoms with Crippen molar-refractivity contribution in [1.82, 2.24) is 4.98 Å². The zero-order chi connectivity index (χ0) is 15.2.